The first-order valence-electron chi connectivity index (χ1n) is 19.8. The van der Waals surface area contributed by atoms with Gasteiger partial charge in [-0.2, -0.15) is 0 Å². The number of rotatable bonds is 6. The molecule has 10 aromatic rings. The third kappa shape index (κ3) is 5.56. The van der Waals surface area contributed by atoms with E-state index in [0.29, 0.717) is 17.5 Å². The molecule has 0 bridgehead atoms. The topological polar surface area (TPSA) is 51.8 Å². The second-order valence-electron chi connectivity index (χ2n) is 15.6. The van der Waals surface area contributed by atoms with Crippen molar-refractivity contribution in [1.82, 2.24) is 15.0 Å². The molecule has 8 aromatic carbocycles. The molecule has 0 N–H and O–H groups in total. The van der Waals surface area contributed by atoms with Gasteiger partial charge in [0, 0.05) is 32.9 Å². The summed E-state index contributed by atoms with van der Waals surface area (Å²) < 4.78 is 6.62. The van der Waals surface area contributed by atoms with Crippen molar-refractivity contribution < 1.29 is 4.42 Å². The number of nitrogens with zero attached hydrogens (tertiary/aromatic N) is 3. The second kappa shape index (κ2) is 13.4. The highest BCUT2D eigenvalue weighted by molar-refractivity contribution is 6.13. The molecule has 0 fully saturated rings. The van der Waals surface area contributed by atoms with E-state index in [1.807, 2.05) is 18.2 Å². The van der Waals surface area contributed by atoms with Crippen LogP contribution in [0.3, 0.4) is 0 Å². The van der Waals surface area contributed by atoms with Gasteiger partial charge in [0.05, 0.1) is 0 Å². The third-order valence-corrected chi connectivity index (χ3v) is 11.8. The molecule has 58 heavy (non-hydrogen) atoms. The van der Waals surface area contributed by atoms with Crippen LogP contribution < -0.4 is 0 Å². The molecule has 274 valence electrons. The quantitative estimate of drug-likeness (QED) is 0.170. The Bertz CT molecular complexity index is 3180. The fourth-order valence-electron chi connectivity index (χ4n) is 8.84. The summed E-state index contributed by atoms with van der Waals surface area (Å²) in [5.74, 6) is 1.85. The van der Waals surface area contributed by atoms with E-state index in [-0.39, 0.29) is 5.41 Å². The van der Waals surface area contributed by atoms with E-state index >= 15 is 0 Å². The summed E-state index contributed by atoms with van der Waals surface area (Å²) in [5, 5.41) is 2.14. The van der Waals surface area contributed by atoms with Crippen LogP contribution in [0.25, 0.3) is 101 Å². The van der Waals surface area contributed by atoms with E-state index in [1.54, 1.807) is 0 Å². The van der Waals surface area contributed by atoms with Crippen molar-refractivity contribution >= 4 is 21.9 Å². The van der Waals surface area contributed by atoms with Gasteiger partial charge in [0.15, 0.2) is 17.5 Å². The van der Waals surface area contributed by atoms with Crippen LogP contribution in [-0.4, -0.2) is 15.0 Å². The van der Waals surface area contributed by atoms with E-state index in [2.05, 4.69) is 184 Å². The minimum atomic E-state index is -0.153. The van der Waals surface area contributed by atoms with Gasteiger partial charge in [0.1, 0.15) is 11.2 Å². The lowest BCUT2D eigenvalue weighted by atomic mass is 9.82. The van der Waals surface area contributed by atoms with Crippen molar-refractivity contribution in [3.05, 3.63) is 199 Å². The summed E-state index contributed by atoms with van der Waals surface area (Å²) >= 11 is 0. The highest BCUT2D eigenvalue weighted by Gasteiger charge is 2.37. The highest BCUT2D eigenvalue weighted by atomic mass is 16.3. The van der Waals surface area contributed by atoms with E-state index in [1.165, 1.54) is 33.4 Å². The van der Waals surface area contributed by atoms with Crippen molar-refractivity contribution in [3.8, 4) is 78.7 Å². The molecule has 0 unspecified atom stereocenters. The lowest BCUT2D eigenvalue weighted by Crippen LogP contribution is -2.14. The minimum Gasteiger partial charge on any atom is -0.456 e. The standard InChI is InChI=1S/C54H37N3O/c1-54(2)45-23-10-9-20-42(45)49-44(22-12-24-46(49)54)53-56-51(39-19-11-18-38(32-39)35-16-7-4-8-17-35)55-52(57-53)40-30-31-43-48(33-40)58-47-25-13-21-41(50(43)47)37-28-26-36(27-29-37)34-14-5-3-6-15-34/h3-33H,1-2H3. The molecule has 11 rings (SSSR count). The smallest absolute Gasteiger partial charge is 0.164 e. The maximum absolute atomic E-state index is 6.62. The van der Waals surface area contributed by atoms with Gasteiger partial charge in [-0.15, -0.1) is 0 Å². The van der Waals surface area contributed by atoms with Crippen LogP contribution in [0.4, 0.5) is 0 Å². The van der Waals surface area contributed by atoms with Gasteiger partial charge in [-0.25, -0.2) is 15.0 Å². The number of furan rings is 1. The molecular formula is C54H37N3O. The van der Waals surface area contributed by atoms with Gasteiger partial charge in [-0.1, -0.05) is 178 Å². The number of fused-ring (bicyclic) bond motifs is 6. The van der Waals surface area contributed by atoms with E-state index in [9.17, 15) is 0 Å². The first kappa shape index (κ1) is 33.9. The molecule has 0 aliphatic heterocycles. The fourth-order valence-corrected chi connectivity index (χ4v) is 8.84. The van der Waals surface area contributed by atoms with Gasteiger partial charge >= 0.3 is 0 Å². The van der Waals surface area contributed by atoms with Crippen LogP contribution in [0.2, 0.25) is 0 Å². The molecule has 0 saturated heterocycles. The van der Waals surface area contributed by atoms with Crippen molar-refractivity contribution in [2.24, 2.45) is 0 Å². The summed E-state index contributed by atoms with van der Waals surface area (Å²) in [6, 6.07) is 66.0. The fraction of sp³-hybridized carbons (Fsp3) is 0.0556. The molecule has 0 spiro atoms. The van der Waals surface area contributed by atoms with Gasteiger partial charge in [-0.05, 0) is 79.9 Å². The molecule has 0 saturated carbocycles. The first-order chi connectivity index (χ1) is 28.5. The molecule has 2 aromatic heterocycles. The van der Waals surface area contributed by atoms with Gasteiger partial charge < -0.3 is 4.42 Å². The molecule has 1 aliphatic rings. The molecule has 1 aliphatic carbocycles. The number of hydrogen-bond acceptors (Lipinski definition) is 4. The summed E-state index contributed by atoms with van der Waals surface area (Å²) in [5.41, 5.74) is 16.1. The summed E-state index contributed by atoms with van der Waals surface area (Å²) in [6.45, 7) is 4.60. The third-order valence-electron chi connectivity index (χ3n) is 11.8. The number of hydrogen-bond donors (Lipinski definition) is 0. The van der Waals surface area contributed by atoms with Gasteiger partial charge in [0.2, 0.25) is 0 Å². The average molecular weight is 744 g/mol. The minimum absolute atomic E-state index is 0.153. The first-order valence-corrected chi connectivity index (χ1v) is 19.8. The number of aromatic nitrogens is 3. The van der Waals surface area contributed by atoms with Crippen molar-refractivity contribution in [2.75, 3.05) is 0 Å². The zero-order valence-corrected chi connectivity index (χ0v) is 32.1. The molecule has 0 radical (unpaired) electrons. The number of benzene rings is 8. The Labute approximate surface area is 337 Å². The van der Waals surface area contributed by atoms with Crippen LogP contribution >= 0.6 is 0 Å². The van der Waals surface area contributed by atoms with Crippen LogP contribution in [0.15, 0.2) is 192 Å². The lowest BCUT2D eigenvalue weighted by molar-refractivity contribution is 0.660. The Morgan fingerprint density at radius 2 is 0.879 bits per heavy atom. The Morgan fingerprint density at radius 3 is 1.66 bits per heavy atom. The maximum atomic E-state index is 6.62. The normalized spacial score (nSPS) is 12.8. The second-order valence-corrected chi connectivity index (χ2v) is 15.6. The Balaban J connectivity index is 1.07. The van der Waals surface area contributed by atoms with Crippen molar-refractivity contribution in [2.45, 2.75) is 19.3 Å². The molecule has 4 nitrogen and oxygen atoms in total. The SMILES string of the molecule is CC1(C)c2ccccc2-c2c(-c3nc(-c4cccc(-c5ccccc5)c4)nc(-c4ccc5c(c4)oc4cccc(-c6ccc(-c7ccccc7)cc6)c45)n3)cccc21. The summed E-state index contributed by atoms with van der Waals surface area (Å²) in [4.78, 5) is 15.7. The van der Waals surface area contributed by atoms with E-state index < -0.39 is 0 Å². The zero-order valence-electron chi connectivity index (χ0n) is 32.1. The van der Waals surface area contributed by atoms with Gasteiger partial charge in [0.25, 0.3) is 0 Å². The predicted octanol–water partition coefficient (Wildman–Crippen LogP) is 14.1. The van der Waals surface area contributed by atoms with Crippen LogP contribution in [0.1, 0.15) is 25.0 Å². The zero-order chi connectivity index (χ0) is 38.8. The summed E-state index contributed by atoms with van der Waals surface area (Å²) in [7, 11) is 0. The molecule has 4 heteroatoms. The Kier molecular flexibility index (Phi) is 7.80. The monoisotopic (exact) mass is 743 g/mol. The largest absolute Gasteiger partial charge is 0.456 e. The molecule has 2 heterocycles. The van der Waals surface area contributed by atoms with Crippen LogP contribution in [-0.2, 0) is 5.41 Å². The van der Waals surface area contributed by atoms with E-state index in [0.717, 1.165) is 60.9 Å². The molecule has 0 atom stereocenters. The Morgan fingerprint density at radius 1 is 0.362 bits per heavy atom. The molecular weight excluding hydrogens is 707 g/mol. The van der Waals surface area contributed by atoms with Crippen LogP contribution in [0.5, 0.6) is 0 Å². The molecule has 0 amide bonds. The van der Waals surface area contributed by atoms with Crippen molar-refractivity contribution in [1.29, 1.82) is 0 Å². The predicted molar refractivity (Wildman–Crippen MR) is 237 cm³/mol. The van der Waals surface area contributed by atoms with E-state index in [4.69, 9.17) is 19.4 Å². The highest BCUT2D eigenvalue weighted by Crippen LogP contribution is 2.51. The van der Waals surface area contributed by atoms with Gasteiger partial charge in [-0.3, -0.25) is 0 Å². The van der Waals surface area contributed by atoms with Crippen LogP contribution in [0, 0.1) is 0 Å². The maximum Gasteiger partial charge on any atom is 0.164 e. The Hall–Kier alpha value is -7.43. The lowest BCUT2D eigenvalue weighted by Gasteiger charge is -2.21. The van der Waals surface area contributed by atoms with Crippen molar-refractivity contribution in [3.63, 3.8) is 0 Å². The summed E-state index contributed by atoms with van der Waals surface area (Å²) in [6.07, 6.45) is 0. The average Bonchev–Trinajstić information content (AvgIpc) is 3.78.